The fourth-order valence-electron chi connectivity index (χ4n) is 2.34. The Kier molecular flexibility index (Phi) is 6.27. The number of carbonyl (C=O) groups excluding carboxylic acids is 1. The van der Waals surface area contributed by atoms with Crippen LogP contribution in [0.15, 0.2) is 53.4 Å². The van der Waals surface area contributed by atoms with Crippen LogP contribution in [0.1, 0.15) is 16.8 Å². The summed E-state index contributed by atoms with van der Waals surface area (Å²) in [5.41, 5.74) is 0.578. The maximum absolute atomic E-state index is 11.7. The van der Waals surface area contributed by atoms with Crippen molar-refractivity contribution in [3.63, 3.8) is 0 Å². The minimum Gasteiger partial charge on any atom is -0.465 e. The number of rotatable bonds is 8. The minimum absolute atomic E-state index is 0.318. The molecule has 0 aliphatic carbocycles. The van der Waals surface area contributed by atoms with E-state index in [4.69, 9.17) is 4.74 Å². The molecule has 3 rings (SSSR count). The molecule has 2 N–H and O–H groups in total. The molecule has 0 saturated heterocycles. The zero-order valence-electron chi connectivity index (χ0n) is 13.8. The summed E-state index contributed by atoms with van der Waals surface area (Å²) in [7, 11) is 1.39. The van der Waals surface area contributed by atoms with E-state index < -0.39 is 0 Å². The summed E-state index contributed by atoms with van der Waals surface area (Å²) in [5.74, 6) is 0.631. The van der Waals surface area contributed by atoms with Crippen LogP contribution in [0.25, 0.3) is 10.1 Å². The lowest BCUT2D eigenvalue weighted by atomic mass is 10.2. The summed E-state index contributed by atoms with van der Waals surface area (Å²) in [6.45, 7) is 1.65. The highest BCUT2D eigenvalue weighted by Gasteiger charge is 2.11. The van der Waals surface area contributed by atoms with E-state index in [1.165, 1.54) is 40.7 Å². The zero-order chi connectivity index (χ0) is 17.5. The van der Waals surface area contributed by atoms with Gasteiger partial charge in [-0.2, -0.15) is 4.37 Å². The van der Waals surface area contributed by atoms with Crippen LogP contribution >= 0.6 is 23.5 Å². The van der Waals surface area contributed by atoms with Crippen LogP contribution in [-0.2, 0) is 4.74 Å². The van der Waals surface area contributed by atoms with E-state index in [0.29, 0.717) is 5.56 Å². The van der Waals surface area contributed by atoms with Crippen molar-refractivity contribution in [1.82, 2.24) is 9.10 Å². The average molecular weight is 374 g/mol. The molecule has 130 valence electrons. The molecule has 0 radical (unpaired) electrons. The first-order valence-corrected chi connectivity index (χ1v) is 9.54. The highest BCUT2D eigenvalue weighted by molar-refractivity contribution is 7.97. The van der Waals surface area contributed by atoms with Gasteiger partial charge in [-0.15, -0.1) is 0 Å². The molecule has 0 bridgehead atoms. The van der Waals surface area contributed by atoms with Crippen molar-refractivity contribution in [2.75, 3.05) is 25.5 Å². The van der Waals surface area contributed by atoms with Crippen molar-refractivity contribution < 1.29 is 9.53 Å². The van der Waals surface area contributed by atoms with E-state index in [1.807, 2.05) is 30.3 Å². The van der Waals surface area contributed by atoms with Crippen molar-refractivity contribution in [2.24, 2.45) is 0 Å². The Labute approximate surface area is 155 Å². The van der Waals surface area contributed by atoms with E-state index in [1.54, 1.807) is 6.07 Å². The summed E-state index contributed by atoms with van der Waals surface area (Å²) in [4.78, 5) is 12.6. The van der Waals surface area contributed by atoms with Crippen LogP contribution in [0.5, 0.6) is 0 Å². The van der Waals surface area contributed by atoms with Gasteiger partial charge in [0, 0.05) is 23.4 Å². The molecule has 0 fully saturated rings. The van der Waals surface area contributed by atoms with Crippen molar-refractivity contribution in [3.8, 4) is 0 Å². The van der Waals surface area contributed by atoms with Crippen LogP contribution < -0.4 is 10.0 Å². The SMILES string of the molecule is COC(=O)c1ccccc1SNCCCNc1nsc2ccccc12. The third kappa shape index (κ3) is 4.50. The maximum atomic E-state index is 11.7. The van der Waals surface area contributed by atoms with Gasteiger partial charge in [-0.1, -0.05) is 24.3 Å². The Morgan fingerprint density at radius 2 is 1.96 bits per heavy atom. The molecular formula is C18H19N3O2S2. The van der Waals surface area contributed by atoms with Crippen LogP contribution in [-0.4, -0.2) is 30.5 Å². The first kappa shape index (κ1) is 17.7. The quantitative estimate of drug-likeness (QED) is 0.351. The van der Waals surface area contributed by atoms with E-state index >= 15 is 0 Å². The number of esters is 1. The van der Waals surface area contributed by atoms with Crippen molar-refractivity contribution in [1.29, 1.82) is 0 Å². The second-order valence-corrected chi connectivity index (χ2v) is 7.03. The lowest BCUT2D eigenvalue weighted by Crippen LogP contribution is -2.12. The molecule has 3 aromatic rings. The Balaban J connectivity index is 1.43. The van der Waals surface area contributed by atoms with E-state index in [9.17, 15) is 4.79 Å². The monoisotopic (exact) mass is 373 g/mol. The number of nitrogens with zero attached hydrogens (tertiary/aromatic N) is 1. The number of benzene rings is 2. The van der Waals surface area contributed by atoms with E-state index in [2.05, 4.69) is 26.5 Å². The van der Waals surface area contributed by atoms with Crippen LogP contribution in [0.2, 0.25) is 0 Å². The van der Waals surface area contributed by atoms with Crippen molar-refractivity contribution in [3.05, 3.63) is 54.1 Å². The van der Waals surface area contributed by atoms with Crippen LogP contribution in [0.3, 0.4) is 0 Å². The molecule has 1 heterocycles. The number of carbonyl (C=O) groups is 1. The Bertz CT molecular complexity index is 851. The molecule has 5 nitrogen and oxygen atoms in total. The summed E-state index contributed by atoms with van der Waals surface area (Å²) >= 11 is 2.96. The number of hydrogen-bond acceptors (Lipinski definition) is 7. The lowest BCUT2D eigenvalue weighted by Gasteiger charge is -2.08. The number of methoxy groups -OCH3 is 1. The number of anilines is 1. The molecule has 0 atom stereocenters. The fourth-order valence-corrected chi connectivity index (χ4v) is 3.91. The largest absolute Gasteiger partial charge is 0.465 e. The Hall–Kier alpha value is -2.09. The fraction of sp³-hybridized carbons (Fsp3) is 0.222. The molecule has 1 aromatic heterocycles. The third-order valence-electron chi connectivity index (χ3n) is 3.60. The number of fused-ring (bicyclic) bond motifs is 1. The predicted molar refractivity (Wildman–Crippen MR) is 104 cm³/mol. The molecule has 0 spiro atoms. The second kappa shape index (κ2) is 8.84. The smallest absolute Gasteiger partial charge is 0.339 e. The van der Waals surface area contributed by atoms with Gasteiger partial charge in [-0.3, -0.25) is 4.72 Å². The van der Waals surface area contributed by atoms with Gasteiger partial charge in [0.15, 0.2) is 0 Å². The first-order chi connectivity index (χ1) is 12.3. The highest BCUT2D eigenvalue weighted by Crippen LogP contribution is 2.26. The molecule has 0 saturated carbocycles. The molecule has 7 heteroatoms. The summed E-state index contributed by atoms with van der Waals surface area (Å²) in [6, 6.07) is 15.6. The average Bonchev–Trinajstić information content (AvgIpc) is 3.07. The van der Waals surface area contributed by atoms with Gasteiger partial charge in [-0.05, 0) is 54.2 Å². The minimum atomic E-state index is -0.318. The van der Waals surface area contributed by atoms with Crippen LogP contribution in [0, 0.1) is 0 Å². The molecular weight excluding hydrogens is 354 g/mol. The normalized spacial score (nSPS) is 10.8. The predicted octanol–water partition coefficient (Wildman–Crippen LogP) is 4.18. The molecule has 2 aromatic carbocycles. The summed E-state index contributed by atoms with van der Waals surface area (Å²) < 4.78 is 13.7. The molecule has 0 aliphatic rings. The molecule has 0 unspecified atom stereocenters. The number of aromatic nitrogens is 1. The van der Waals surface area contributed by atoms with Gasteiger partial charge >= 0.3 is 5.97 Å². The van der Waals surface area contributed by atoms with Gasteiger partial charge < -0.3 is 10.1 Å². The van der Waals surface area contributed by atoms with Gasteiger partial charge in [0.25, 0.3) is 0 Å². The van der Waals surface area contributed by atoms with Gasteiger partial charge in [0.05, 0.1) is 17.4 Å². The summed E-state index contributed by atoms with van der Waals surface area (Å²) in [5, 5.41) is 4.55. The van der Waals surface area contributed by atoms with Gasteiger partial charge in [-0.25, -0.2) is 4.79 Å². The number of hydrogen-bond donors (Lipinski definition) is 2. The number of nitrogens with one attached hydrogen (secondary N) is 2. The highest BCUT2D eigenvalue weighted by atomic mass is 32.2. The summed E-state index contributed by atoms with van der Waals surface area (Å²) in [6.07, 6.45) is 0.944. The van der Waals surface area contributed by atoms with Gasteiger partial charge in [0.2, 0.25) is 0 Å². The third-order valence-corrected chi connectivity index (χ3v) is 5.35. The lowest BCUT2D eigenvalue weighted by molar-refractivity contribution is 0.0597. The van der Waals surface area contributed by atoms with Crippen molar-refractivity contribution >= 4 is 45.4 Å². The second-order valence-electron chi connectivity index (χ2n) is 5.29. The molecule has 0 aliphatic heterocycles. The van der Waals surface area contributed by atoms with E-state index in [0.717, 1.165) is 30.2 Å². The number of ether oxygens (including phenoxy) is 1. The standard InChI is InChI=1S/C18H19N3O2S2/c1-23-18(22)14-8-3-5-10-16(14)24-20-12-6-11-19-17-13-7-2-4-9-15(13)25-21-17/h2-5,7-10,20H,6,11-12H2,1H3,(H,19,21). The molecule has 25 heavy (non-hydrogen) atoms. The van der Waals surface area contributed by atoms with Crippen molar-refractivity contribution in [2.45, 2.75) is 11.3 Å². The van der Waals surface area contributed by atoms with E-state index in [-0.39, 0.29) is 5.97 Å². The van der Waals surface area contributed by atoms with Crippen LogP contribution in [0.4, 0.5) is 5.82 Å². The Morgan fingerprint density at radius 1 is 1.16 bits per heavy atom. The first-order valence-electron chi connectivity index (χ1n) is 7.95. The zero-order valence-corrected chi connectivity index (χ0v) is 15.5. The maximum Gasteiger partial charge on any atom is 0.339 e. The molecule has 0 amide bonds. The Morgan fingerprint density at radius 3 is 2.84 bits per heavy atom. The van der Waals surface area contributed by atoms with Gasteiger partial charge in [0.1, 0.15) is 5.82 Å². The topological polar surface area (TPSA) is 63.2 Å².